The van der Waals surface area contributed by atoms with Gasteiger partial charge in [-0.25, -0.2) is 0 Å². The molecule has 1 amide bonds. The Morgan fingerprint density at radius 1 is 1.04 bits per heavy atom. The molecule has 0 spiro atoms. The average Bonchev–Trinajstić information content (AvgIpc) is 3.12. The van der Waals surface area contributed by atoms with Gasteiger partial charge >= 0.3 is 6.18 Å². The van der Waals surface area contributed by atoms with Gasteiger partial charge in [-0.15, -0.1) is 0 Å². The summed E-state index contributed by atoms with van der Waals surface area (Å²) in [6.45, 7) is 1.20. The van der Waals surface area contributed by atoms with E-state index in [1.807, 2.05) is 31.3 Å². The Labute approximate surface area is 161 Å². The van der Waals surface area contributed by atoms with Crippen LogP contribution in [0.4, 0.5) is 13.2 Å². The van der Waals surface area contributed by atoms with Crippen LogP contribution in [0.15, 0.2) is 53.6 Å². The van der Waals surface area contributed by atoms with Crippen LogP contribution < -0.4 is 0 Å². The quantitative estimate of drug-likeness (QED) is 0.784. The molecule has 0 saturated heterocycles. The minimum Gasteiger partial charge on any atom is -0.326 e. The Morgan fingerprint density at radius 2 is 1.75 bits per heavy atom. The molecule has 28 heavy (non-hydrogen) atoms. The Kier molecular flexibility index (Phi) is 4.61. The predicted octanol–water partition coefficient (Wildman–Crippen LogP) is 3.87. The van der Waals surface area contributed by atoms with Crippen molar-refractivity contribution in [3.63, 3.8) is 0 Å². The summed E-state index contributed by atoms with van der Waals surface area (Å²) in [5, 5.41) is 6.04. The zero-order chi connectivity index (χ0) is 19.9. The van der Waals surface area contributed by atoms with E-state index in [-0.39, 0.29) is 5.91 Å². The van der Waals surface area contributed by atoms with Crippen molar-refractivity contribution in [2.45, 2.75) is 25.1 Å². The predicted molar refractivity (Wildman–Crippen MR) is 99.8 cm³/mol. The highest BCUT2D eigenvalue weighted by molar-refractivity contribution is 6.39. The van der Waals surface area contributed by atoms with Crippen molar-refractivity contribution < 1.29 is 18.0 Å². The van der Waals surface area contributed by atoms with E-state index < -0.39 is 17.8 Å². The Balaban J connectivity index is 1.75. The number of rotatable bonds is 2. The number of hydrogen-bond acceptors (Lipinski definition) is 3. The Morgan fingerprint density at radius 3 is 2.39 bits per heavy atom. The van der Waals surface area contributed by atoms with E-state index in [9.17, 15) is 18.0 Å². The second-order valence-electron chi connectivity index (χ2n) is 7.15. The number of alkyl halides is 3. The maximum Gasteiger partial charge on any atom is 0.416 e. The lowest BCUT2D eigenvalue weighted by Gasteiger charge is -2.37. The van der Waals surface area contributed by atoms with E-state index in [0.29, 0.717) is 37.2 Å². The van der Waals surface area contributed by atoms with E-state index in [1.165, 1.54) is 12.1 Å². The highest BCUT2D eigenvalue weighted by Crippen LogP contribution is 2.37. The minimum absolute atomic E-state index is 0.149. The molecule has 0 fully saturated rings. The second kappa shape index (κ2) is 6.96. The molecule has 1 atom stereocenters. The third kappa shape index (κ3) is 3.37. The first kappa shape index (κ1) is 18.5. The molecule has 1 unspecified atom stereocenters. The van der Waals surface area contributed by atoms with Crippen LogP contribution in [-0.2, 0) is 17.4 Å². The first-order valence-electron chi connectivity index (χ1n) is 9.19. The van der Waals surface area contributed by atoms with E-state index in [1.54, 1.807) is 9.91 Å². The van der Waals surface area contributed by atoms with E-state index in [0.717, 1.165) is 23.3 Å². The van der Waals surface area contributed by atoms with Crippen LogP contribution in [-0.4, -0.2) is 41.7 Å². The van der Waals surface area contributed by atoms with Gasteiger partial charge < -0.3 is 4.90 Å². The number of halogens is 3. The smallest absolute Gasteiger partial charge is 0.326 e. The molecule has 0 aliphatic carbocycles. The lowest BCUT2D eigenvalue weighted by atomic mass is 9.87. The van der Waals surface area contributed by atoms with Gasteiger partial charge in [0.15, 0.2) is 0 Å². The molecule has 4 nitrogen and oxygen atoms in total. The van der Waals surface area contributed by atoms with Gasteiger partial charge in [0.05, 0.1) is 11.6 Å². The van der Waals surface area contributed by atoms with Crippen LogP contribution in [0.2, 0.25) is 0 Å². The molecule has 0 bridgehead atoms. The Hall–Kier alpha value is -2.83. The van der Waals surface area contributed by atoms with Crippen molar-refractivity contribution in [1.29, 1.82) is 0 Å². The third-order valence-electron chi connectivity index (χ3n) is 5.31. The molecule has 0 N–H and O–H groups in total. The summed E-state index contributed by atoms with van der Waals surface area (Å²) in [6, 6.07) is 12.5. The van der Waals surface area contributed by atoms with Gasteiger partial charge in [-0.3, -0.25) is 9.80 Å². The standard InChI is InChI=1S/C21H20F3N3O/c1-26-12-11-18(25-26)20(28)27-13-10-14-4-2-3-5-17(14)19(27)15-6-8-16(9-7-15)21(22,23)24/h2-9,19H,10-13H2,1H3. The van der Waals surface area contributed by atoms with Crippen molar-refractivity contribution >= 4 is 11.6 Å². The number of nitrogens with zero attached hydrogens (tertiary/aromatic N) is 3. The number of amides is 1. The second-order valence-corrected chi connectivity index (χ2v) is 7.15. The van der Waals surface area contributed by atoms with E-state index in [2.05, 4.69) is 5.10 Å². The SMILES string of the molecule is CN1CCC(C(=O)N2CCc3ccccc3C2c2ccc(C(F)(F)F)cc2)=N1. The lowest BCUT2D eigenvalue weighted by molar-refractivity contribution is -0.137. The molecular weight excluding hydrogens is 367 g/mol. The van der Waals surface area contributed by atoms with Crippen molar-refractivity contribution in [3.8, 4) is 0 Å². The van der Waals surface area contributed by atoms with Gasteiger partial charge in [-0.05, 0) is 35.2 Å². The van der Waals surface area contributed by atoms with Crippen molar-refractivity contribution in [1.82, 2.24) is 9.91 Å². The van der Waals surface area contributed by atoms with Crippen LogP contribution in [0.1, 0.15) is 34.7 Å². The van der Waals surface area contributed by atoms with Crippen LogP contribution in [0.5, 0.6) is 0 Å². The summed E-state index contributed by atoms with van der Waals surface area (Å²) in [7, 11) is 1.82. The fourth-order valence-electron chi connectivity index (χ4n) is 3.89. The van der Waals surface area contributed by atoms with Crippen LogP contribution in [0.3, 0.4) is 0 Å². The normalized spacial score (nSPS) is 19.4. The monoisotopic (exact) mass is 387 g/mol. The minimum atomic E-state index is -4.39. The number of carbonyl (C=O) groups excluding carboxylic acids is 1. The molecule has 2 aliphatic rings. The molecular formula is C21H20F3N3O. The summed E-state index contributed by atoms with van der Waals surface area (Å²) in [6.07, 6.45) is -3.10. The number of hydrazone groups is 1. The lowest BCUT2D eigenvalue weighted by Crippen LogP contribution is -2.43. The van der Waals surface area contributed by atoms with Gasteiger partial charge in [-0.2, -0.15) is 18.3 Å². The van der Waals surface area contributed by atoms with Crippen molar-refractivity contribution in [2.75, 3.05) is 20.1 Å². The summed E-state index contributed by atoms with van der Waals surface area (Å²) in [5.41, 5.74) is 2.54. The number of hydrogen-bond donors (Lipinski definition) is 0. The first-order valence-corrected chi connectivity index (χ1v) is 9.19. The number of fused-ring (bicyclic) bond motifs is 1. The van der Waals surface area contributed by atoms with Gasteiger partial charge in [0.25, 0.3) is 5.91 Å². The fourth-order valence-corrected chi connectivity index (χ4v) is 3.89. The van der Waals surface area contributed by atoms with Crippen molar-refractivity contribution in [3.05, 3.63) is 70.8 Å². The average molecular weight is 387 g/mol. The molecule has 0 aromatic heterocycles. The molecule has 2 heterocycles. The summed E-state index contributed by atoms with van der Waals surface area (Å²) < 4.78 is 38.9. The maximum atomic E-state index is 13.2. The first-order chi connectivity index (χ1) is 13.3. The molecule has 2 aliphatic heterocycles. The zero-order valence-corrected chi connectivity index (χ0v) is 15.4. The number of carbonyl (C=O) groups is 1. The topological polar surface area (TPSA) is 35.9 Å². The molecule has 7 heteroatoms. The van der Waals surface area contributed by atoms with Gasteiger partial charge in [-0.1, -0.05) is 36.4 Å². The summed E-state index contributed by atoms with van der Waals surface area (Å²) in [5.74, 6) is -0.149. The molecule has 4 rings (SSSR count). The third-order valence-corrected chi connectivity index (χ3v) is 5.31. The van der Waals surface area contributed by atoms with Gasteiger partial charge in [0.2, 0.25) is 0 Å². The molecule has 2 aromatic carbocycles. The Bertz CT molecular complexity index is 921. The van der Waals surface area contributed by atoms with Crippen LogP contribution in [0, 0.1) is 0 Å². The summed E-state index contributed by atoms with van der Waals surface area (Å²) >= 11 is 0. The van der Waals surface area contributed by atoms with Crippen LogP contribution >= 0.6 is 0 Å². The van der Waals surface area contributed by atoms with E-state index >= 15 is 0 Å². The highest BCUT2D eigenvalue weighted by Gasteiger charge is 2.36. The largest absolute Gasteiger partial charge is 0.416 e. The number of benzene rings is 2. The molecule has 146 valence electrons. The van der Waals surface area contributed by atoms with Gasteiger partial charge in [0.1, 0.15) is 5.71 Å². The molecule has 0 saturated carbocycles. The zero-order valence-electron chi connectivity index (χ0n) is 15.4. The molecule has 2 aromatic rings. The fraction of sp³-hybridized carbons (Fsp3) is 0.333. The molecule has 0 radical (unpaired) electrons. The van der Waals surface area contributed by atoms with Crippen molar-refractivity contribution in [2.24, 2.45) is 5.10 Å². The van der Waals surface area contributed by atoms with Crippen LogP contribution in [0.25, 0.3) is 0 Å². The summed E-state index contributed by atoms with van der Waals surface area (Å²) in [4.78, 5) is 14.9. The highest BCUT2D eigenvalue weighted by atomic mass is 19.4. The van der Waals surface area contributed by atoms with E-state index in [4.69, 9.17) is 0 Å². The van der Waals surface area contributed by atoms with Gasteiger partial charge in [0, 0.05) is 26.6 Å². The maximum absolute atomic E-state index is 13.2.